The molecule has 0 radical (unpaired) electrons. The molecule has 27 heavy (non-hydrogen) atoms. The van der Waals surface area contributed by atoms with Gasteiger partial charge in [0.2, 0.25) is 11.8 Å². The van der Waals surface area contributed by atoms with Crippen LogP contribution in [0.3, 0.4) is 0 Å². The number of carbonyl (C=O) groups is 2. The highest BCUT2D eigenvalue weighted by Gasteiger charge is 2.16. The van der Waals surface area contributed by atoms with E-state index in [-0.39, 0.29) is 24.3 Å². The highest BCUT2D eigenvalue weighted by Crippen LogP contribution is 2.22. The molecule has 0 saturated carbocycles. The summed E-state index contributed by atoms with van der Waals surface area (Å²) < 4.78 is 1.19. The third-order valence-electron chi connectivity index (χ3n) is 4.20. The first-order valence-corrected chi connectivity index (χ1v) is 9.86. The van der Waals surface area contributed by atoms with Crippen LogP contribution in [0.25, 0.3) is 10.2 Å². The maximum absolute atomic E-state index is 12.3. The fourth-order valence-electron chi connectivity index (χ4n) is 2.93. The van der Waals surface area contributed by atoms with Crippen molar-refractivity contribution >= 4 is 33.4 Å². The largest absolute Gasteiger partial charge is 0.356 e. The Morgan fingerprint density at radius 1 is 1.07 bits per heavy atom. The van der Waals surface area contributed by atoms with Crippen LogP contribution in [-0.4, -0.2) is 23.3 Å². The lowest BCUT2D eigenvalue weighted by Gasteiger charge is -2.18. The summed E-state index contributed by atoms with van der Waals surface area (Å²) in [6, 6.07) is 17.3. The first-order chi connectivity index (χ1) is 13.1. The van der Waals surface area contributed by atoms with Gasteiger partial charge < -0.3 is 10.6 Å². The predicted molar refractivity (Wildman–Crippen MR) is 109 cm³/mol. The fourth-order valence-corrected chi connectivity index (χ4v) is 3.94. The Balaban J connectivity index is 1.47. The van der Waals surface area contributed by atoms with Crippen molar-refractivity contribution in [1.82, 2.24) is 15.6 Å². The number of nitrogens with one attached hydrogen (secondary N) is 2. The molecule has 1 unspecified atom stereocenters. The van der Waals surface area contributed by atoms with Gasteiger partial charge in [0.25, 0.3) is 0 Å². The van der Waals surface area contributed by atoms with Gasteiger partial charge in [0.1, 0.15) is 0 Å². The van der Waals surface area contributed by atoms with Crippen LogP contribution >= 0.6 is 11.3 Å². The Labute approximate surface area is 162 Å². The summed E-state index contributed by atoms with van der Waals surface area (Å²) in [4.78, 5) is 28.3. The van der Waals surface area contributed by atoms with E-state index in [0.29, 0.717) is 6.54 Å². The van der Waals surface area contributed by atoms with E-state index in [0.717, 1.165) is 28.9 Å². The van der Waals surface area contributed by atoms with Crippen molar-refractivity contribution in [2.75, 3.05) is 6.54 Å². The first kappa shape index (κ1) is 19.0. The zero-order valence-electron chi connectivity index (χ0n) is 15.3. The fraction of sp³-hybridized carbons (Fsp3) is 0.286. The molecular formula is C21H23N3O2S. The maximum atomic E-state index is 12.3. The molecule has 140 valence electrons. The van der Waals surface area contributed by atoms with Gasteiger partial charge in [-0.2, -0.15) is 0 Å². The minimum atomic E-state index is -0.312. The van der Waals surface area contributed by atoms with Gasteiger partial charge in [-0.25, -0.2) is 4.98 Å². The van der Waals surface area contributed by atoms with Crippen molar-refractivity contribution in [3.63, 3.8) is 0 Å². The molecule has 2 aromatic carbocycles. The summed E-state index contributed by atoms with van der Waals surface area (Å²) in [5.41, 5.74) is 1.96. The Morgan fingerprint density at radius 3 is 2.56 bits per heavy atom. The molecule has 0 spiro atoms. The van der Waals surface area contributed by atoms with Gasteiger partial charge in [-0.15, -0.1) is 11.3 Å². The average molecular weight is 382 g/mol. The minimum absolute atomic E-state index is 0.0677. The van der Waals surface area contributed by atoms with Crippen LogP contribution in [0.5, 0.6) is 0 Å². The molecule has 0 fully saturated rings. The molecule has 5 nitrogen and oxygen atoms in total. The summed E-state index contributed by atoms with van der Waals surface area (Å²) in [5.74, 6) is -0.214. The van der Waals surface area contributed by atoms with Crippen LogP contribution in [-0.2, 0) is 16.0 Å². The van der Waals surface area contributed by atoms with E-state index >= 15 is 0 Å². The Hall–Kier alpha value is -2.73. The number of hydrogen-bond acceptors (Lipinski definition) is 4. The second kappa shape index (κ2) is 9.28. The third kappa shape index (κ3) is 5.62. The molecule has 0 aliphatic heterocycles. The van der Waals surface area contributed by atoms with E-state index in [1.54, 1.807) is 11.3 Å². The maximum Gasteiger partial charge on any atom is 0.222 e. The highest BCUT2D eigenvalue weighted by molar-refractivity contribution is 7.18. The molecule has 3 rings (SSSR count). The molecular weight excluding hydrogens is 358 g/mol. The van der Waals surface area contributed by atoms with E-state index in [9.17, 15) is 9.59 Å². The molecule has 0 aliphatic rings. The van der Waals surface area contributed by atoms with E-state index < -0.39 is 0 Å². The second-order valence-electron chi connectivity index (χ2n) is 6.40. The highest BCUT2D eigenvalue weighted by atomic mass is 32.1. The molecule has 6 heteroatoms. The summed E-state index contributed by atoms with van der Waals surface area (Å²) >= 11 is 1.70. The number of fused-ring (bicyclic) bond motifs is 1. The lowest BCUT2D eigenvalue weighted by atomic mass is 10.0. The monoisotopic (exact) mass is 381 g/mol. The van der Waals surface area contributed by atoms with Gasteiger partial charge in [0, 0.05) is 19.9 Å². The number of hydrogen-bond donors (Lipinski definition) is 2. The topological polar surface area (TPSA) is 71.1 Å². The molecule has 0 bridgehead atoms. The number of carbonyl (C=O) groups excluding carboxylic acids is 2. The first-order valence-electron chi connectivity index (χ1n) is 9.05. The van der Waals surface area contributed by atoms with Crippen molar-refractivity contribution in [2.45, 2.75) is 32.2 Å². The predicted octanol–water partition coefficient (Wildman–Crippen LogP) is 3.61. The summed E-state index contributed by atoms with van der Waals surface area (Å²) in [7, 11) is 0. The number of benzene rings is 2. The van der Waals surface area contributed by atoms with Crippen LogP contribution in [0, 0.1) is 0 Å². The van der Waals surface area contributed by atoms with Crippen molar-refractivity contribution in [3.8, 4) is 0 Å². The minimum Gasteiger partial charge on any atom is -0.356 e. The standard InChI is InChI=1S/C21H23N3O2S/c1-15(25)23-18(16-8-3-2-4-9-16)14-20(26)22-13-7-12-21-24-17-10-5-6-11-19(17)27-21/h2-6,8-11,18H,7,12-14H2,1H3,(H,22,26)(H,23,25). The van der Waals surface area contributed by atoms with Gasteiger partial charge in [0.15, 0.2) is 0 Å². The lowest BCUT2D eigenvalue weighted by Crippen LogP contribution is -2.33. The summed E-state index contributed by atoms with van der Waals surface area (Å²) in [6.45, 7) is 2.06. The molecule has 1 atom stereocenters. The van der Waals surface area contributed by atoms with Crippen LogP contribution in [0.15, 0.2) is 54.6 Å². The smallest absolute Gasteiger partial charge is 0.222 e. The van der Waals surface area contributed by atoms with Gasteiger partial charge in [-0.3, -0.25) is 9.59 Å². The molecule has 3 aromatic rings. The van der Waals surface area contributed by atoms with Crippen LogP contribution in [0.1, 0.15) is 36.4 Å². The van der Waals surface area contributed by atoms with E-state index in [2.05, 4.69) is 21.7 Å². The number of para-hydroxylation sites is 1. The van der Waals surface area contributed by atoms with Crippen molar-refractivity contribution in [1.29, 1.82) is 0 Å². The Morgan fingerprint density at radius 2 is 1.81 bits per heavy atom. The lowest BCUT2D eigenvalue weighted by molar-refractivity contribution is -0.122. The third-order valence-corrected chi connectivity index (χ3v) is 5.29. The number of nitrogens with zero attached hydrogens (tertiary/aromatic N) is 1. The Kier molecular flexibility index (Phi) is 6.54. The average Bonchev–Trinajstić information content (AvgIpc) is 3.08. The number of aromatic nitrogens is 1. The molecule has 0 saturated heterocycles. The van der Waals surface area contributed by atoms with Gasteiger partial charge in [0.05, 0.1) is 27.7 Å². The molecule has 2 amide bonds. The Bertz CT molecular complexity index is 875. The molecule has 2 N–H and O–H groups in total. The van der Waals surface area contributed by atoms with Gasteiger partial charge in [-0.1, -0.05) is 42.5 Å². The van der Waals surface area contributed by atoms with Crippen molar-refractivity contribution < 1.29 is 9.59 Å². The molecule has 1 aromatic heterocycles. The zero-order chi connectivity index (χ0) is 19.1. The van der Waals surface area contributed by atoms with Gasteiger partial charge in [-0.05, 0) is 24.1 Å². The van der Waals surface area contributed by atoms with Crippen molar-refractivity contribution in [3.05, 3.63) is 65.2 Å². The summed E-state index contributed by atoms with van der Waals surface area (Å²) in [6.07, 6.45) is 1.90. The number of amides is 2. The van der Waals surface area contributed by atoms with Gasteiger partial charge >= 0.3 is 0 Å². The van der Waals surface area contributed by atoms with E-state index in [4.69, 9.17) is 0 Å². The van der Waals surface area contributed by atoms with E-state index in [1.165, 1.54) is 11.6 Å². The zero-order valence-corrected chi connectivity index (χ0v) is 16.1. The molecule has 0 aliphatic carbocycles. The molecule has 1 heterocycles. The number of rotatable bonds is 8. The van der Waals surface area contributed by atoms with Crippen molar-refractivity contribution in [2.24, 2.45) is 0 Å². The quantitative estimate of drug-likeness (QED) is 0.586. The van der Waals surface area contributed by atoms with Crippen LogP contribution in [0.4, 0.5) is 0 Å². The van der Waals surface area contributed by atoms with E-state index in [1.807, 2.05) is 48.5 Å². The van der Waals surface area contributed by atoms with Crippen LogP contribution in [0.2, 0.25) is 0 Å². The summed E-state index contributed by atoms with van der Waals surface area (Å²) in [5, 5.41) is 6.89. The SMILES string of the molecule is CC(=O)NC(CC(=O)NCCCc1nc2ccccc2s1)c1ccccc1. The number of aryl methyl sites for hydroxylation is 1. The normalized spacial score (nSPS) is 11.9. The number of thiazole rings is 1. The van der Waals surface area contributed by atoms with Crippen LogP contribution < -0.4 is 10.6 Å². The second-order valence-corrected chi connectivity index (χ2v) is 7.51.